The molecule has 1 fully saturated rings. The maximum Gasteiger partial charge on any atom is 0.240 e. The van der Waals surface area contributed by atoms with E-state index in [1.165, 1.54) is 12.8 Å². The van der Waals surface area contributed by atoms with Crippen LogP contribution in [0.15, 0.2) is 28.8 Å². The lowest BCUT2D eigenvalue weighted by molar-refractivity contribution is 0.115. The molecule has 2 aromatic rings. The van der Waals surface area contributed by atoms with Crippen molar-refractivity contribution in [3.05, 3.63) is 36.0 Å². The minimum atomic E-state index is 0.512. The summed E-state index contributed by atoms with van der Waals surface area (Å²) in [5, 5.41) is 4.03. The number of rotatable bonds is 8. The number of ether oxygens (including phenoxy) is 2. The molecule has 25 heavy (non-hydrogen) atoms. The number of benzene rings is 1. The zero-order valence-electron chi connectivity index (χ0n) is 15.1. The van der Waals surface area contributed by atoms with Gasteiger partial charge in [0.2, 0.25) is 5.89 Å². The van der Waals surface area contributed by atoms with Crippen molar-refractivity contribution in [1.29, 1.82) is 0 Å². The number of aromatic nitrogens is 2. The predicted octanol–water partition coefficient (Wildman–Crippen LogP) is 3.32. The van der Waals surface area contributed by atoms with Gasteiger partial charge in [-0.25, -0.2) is 0 Å². The standard InChI is InChI=1S/C19H27N3O3/c1-3-6-18-20-19(25-21-18)13-22-10-5-7-15(12-22)14-24-17-9-4-8-16(11-17)23-2/h4,8-9,11,15H,3,5-7,10,12-14H2,1-2H3/t15-/m0/s1. The minimum Gasteiger partial charge on any atom is -0.497 e. The van der Waals surface area contributed by atoms with E-state index in [1.807, 2.05) is 24.3 Å². The average molecular weight is 345 g/mol. The number of methoxy groups -OCH3 is 1. The van der Waals surface area contributed by atoms with Gasteiger partial charge in [-0.3, -0.25) is 4.90 Å². The Hall–Kier alpha value is -2.08. The summed E-state index contributed by atoms with van der Waals surface area (Å²) in [5.74, 6) is 3.72. The molecule has 1 aliphatic rings. The van der Waals surface area contributed by atoms with E-state index >= 15 is 0 Å². The van der Waals surface area contributed by atoms with Crippen molar-refractivity contribution in [2.45, 2.75) is 39.2 Å². The number of likely N-dealkylation sites (tertiary alicyclic amines) is 1. The Bertz CT molecular complexity index is 659. The van der Waals surface area contributed by atoms with Crippen molar-refractivity contribution in [2.24, 2.45) is 5.92 Å². The Morgan fingerprint density at radius 3 is 3.04 bits per heavy atom. The molecule has 0 N–H and O–H groups in total. The zero-order valence-corrected chi connectivity index (χ0v) is 15.1. The van der Waals surface area contributed by atoms with Crippen LogP contribution in [0.5, 0.6) is 11.5 Å². The van der Waals surface area contributed by atoms with Gasteiger partial charge in [-0.2, -0.15) is 4.98 Å². The molecule has 6 nitrogen and oxygen atoms in total. The van der Waals surface area contributed by atoms with Crippen molar-refractivity contribution in [1.82, 2.24) is 15.0 Å². The summed E-state index contributed by atoms with van der Waals surface area (Å²) >= 11 is 0. The van der Waals surface area contributed by atoms with Crippen molar-refractivity contribution < 1.29 is 14.0 Å². The van der Waals surface area contributed by atoms with E-state index in [1.54, 1.807) is 7.11 Å². The molecule has 0 spiro atoms. The Morgan fingerprint density at radius 1 is 1.32 bits per heavy atom. The van der Waals surface area contributed by atoms with E-state index in [2.05, 4.69) is 22.0 Å². The largest absolute Gasteiger partial charge is 0.497 e. The molecule has 136 valence electrons. The van der Waals surface area contributed by atoms with Gasteiger partial charge >= 0.3 is 0 Å². The van der Waals surface area contributed by atoms with Crippen LogP contribution in [-0.4, -0.2) is 41.8 Å². The van der Waals surface area contributed by atoms with E-state index < -0.39 is 0 Å². The Morgan fingerprint density at radius 2 is 2.20 bits per heavy atom. The normalized spacial score (nSPS) is 18.2. The van der Waals surface area contributed by atoms with Crippen LogP contribution in [0.4, 0.5) is 0 Å². The summed E-state index contributed by atoms with van der Waals surface area (Å²) in [6.45, 7) is 5.63. The number of hydrogen-bond donors (Lipinski definition) is 0. The van der Waals surface area contributed by atoms with Gasteiger partial charge < -0.3 is 14.0 Å². The Kier molecular flexibility index (Phi) is 6.28. The second kappa shape index (κ2) is 8.85. The smallest absolute Gasteiger partial charge is 0.240 e. The molecule has 6 heteroatoms. The van der Waals surface area contributed by atoms with Gasteiger partial charge in [0.15, 0.2) is 5.82 Å². The van der Waals surface area contributed by atoms with Crippen molar-refractivity contribution >= 4 is 0 Å². The molecule has 1 aromatic heterocycles. The topological polar surface area (TPSA) is 60.6 Å². The fraction of sp³-hybridized carbons (Fsp3) is 0.579. The van der Waals surface area contributed by atoms with E-state index in [4.69, 9.17) is 14.0 Å². The van der Waals surface area contributed by atoms with Crippen LogP contribution in [-0.2, 0) is 13.0 Å². The highest BCUT2D eigenvalue weighted by molar-refractivity contribution is 5.32. The fourth-order valence-corrected chi connectivity index (χ4v) is 3.21. The van der Waals surface area contributed by atoms with Crippen molar-refractivity contribution in [3.63, 3.8) is 0 Å². The van der Waals surface area contributed by atoms with Crippen LogP contribution < -0.4 is 9.47 Å². The summed E-state index contributed by atoms with van der Waals surface area (Å²) in [4.78, 5) is 6.85. The maximum atomic E-state index is 5.96. The maximum absolute atomic E-state index is 5.96. The molecule has 0 amide bonds. The second-order valence-electron chi connectivity index (χ2n) is 6.59. The lowest BCUT2D eigenvalue weighted by Crippen LogP contribution is -2.37. The first-order valence-electron chi connectivity index (χ1n) is 9.07. The molecule has 0 radical (unpaired) electrons. The monoisotopic (exact) mass is 345 g/mol. The third kappa shape index (κ3) is 5.19. The quantitative estimate of drug-likeness (QED) is 0.731. The third-order valence-electron chi connectivity index (χ3n) is 4.47. The fourth-order valence-electron chi connectivity index (χ4n) is 3.21. The molecular weight excluding hydrogens is 318 g/mol. The predicted molar refractivity (Wildman–Crippen MR) is 94.8 cm³/mol. The summed E-state index contributed by atoms with van der Waals surface area (Å²) in [6, 6.07) is 7.77. The van der Waals surface area contributed by atoms with Gasteiger partial charge in [0, 0.05) is 24.9 Å². The molecule has 0 unspecified atom stereocenters. The van der Waals surface area contributed by atoms with E-state index in [0.29, 0.717) is 12.5 Å². The first-order valence-corrected chi connectivity index (χ1v) is 9.07. The minimum absolute atomic E-state index is 0.512. The Labute approximate surface area is 149 Å². The first kappa shape index (κ1) is 17.7. The highest BCUT2D eigenvalue weighted by Crippen LogP contribution is 2.22. The first-order chi connectivity index (χ1) is 12.3. The van der Waals surface area contributed by atoms with Crippen LogP contribution in [0, 0.1) is 5.92 Å². The van der Waals surface area contributed by atoms with Crippen LogP contribution in [0.1, 0.15) is 37.9 Å². The number of nitrogens with zero attached hydrogens (tertiary/aromatic N) is 3. The summed E-state index contributed by atoms with van der Waals surface area (Å²) in [7, 11) is 1.67. The second-order valence-corrected chi connectivity index (χ2v) is 6.59. The SMILES string of the molecule is CCCc1noc(CN2CCC[C@H](COc3cccc(OC)c3)C2)n1. The van der Waals surface area contributed by atoms with Gasteiger partial charge in [-0.05, 0) is 37.9 Å². The third-order valence-corrected chi connectivity index (χ3v) is 4.47. The lowest BCUT2D eigenvalue weighted by atomic mass is 9.99. The molecule has 2 heterocycles. The Balaban J connectivity index is 1.48. The number of hydrogen-bond acceptors (Lipinski definition) is 6. The van der Waals surface area contributed by atoms with Gasteiger partial charge in [0.05, 0.1) is 20.3 Å². The van der Waals surface area contributed by atoms with Gasteiger partial charge in [-0.15, -0.1) is 0 Å². The number of aryl methyl sites for hydroxylation is 1. The van der Waals surface area contributed by atoms with E-state index in [9.17, 15) is 0 Å². The highest BCUT2D eigenvalue weighted by Gasteiger charge is 2.22. The molecule has 1 aromatic carbocycles. The molecule has 1 saturated heterocycles. The molecule has 0 bridgehead atoms. The molecule has 3 rings (SSSR count). The van der Waals surface area contributed by atoms with Gasteiger partial charge in [-0.1, -0.05) is 18.1 Å². The summed E-state index contributed by atoms with van der Waals surface area (Å²) < 4.78 is 16.6. The summed E-state index contributed by atoms with van der Waals surface area (Å²) in [6.07, 6.45) is 4.26. The van der Waals surface area contributed by atoms with Crippen LogP contribution in [0.25, 0.3) is 0 Å². The van der Waals surface area contributed by atoms with Gasteiger partial charge in [0.25, 0.3) is 0 Å². The molecule has 0 aliphatic carbocycles. The number of piperidine rings is 1. The van der Waals surface area contributed by atoms with Crippen LogP contribution in [0.2, 0.25) is 0 Å². The van der Waals surface area contributed by atoms with Crippen LogP contribution in [0.3, 0.4) is 0 Å². The van der Waals surface area contributed by atoms with E-state index in [-0.39, 0.29) is 0 Å². The van der Waals surface area contributed by atoms with Crippen molar-refractivity contribution in [3.8, 4) is 11.5 Å². The molecule has 1 aliphatic heterocycles. The molecule has 0 saturated carbocycles. The average Bonchev–Trinajstić information content (AvgIpc) is 3.08. The van der Waals surface area contributed by atoms with Gasteiger partial charge in [0.1, 0.15) is 11.5 Å². The lowest BCUT2D eigenvalue weighted by Gasteiger charge is -2.31. The molecular formula is C19H27N3O3. The zero-order chi connectivity index (χ0) is 17.5. The molecule has 1 atom stereocenters. The van der Waals surface area contributed by atoms with Crippen LogP contribution >= 0.6 is 0 Å². The van der Waals surface area contributed by atoms with E-state index in [0.717, 1.165) is 55.7 Å². The highest BCUT2D eigenvalue weighted by atomic mass is 16.5. The summed E-state index contributed by atoms with van der Waals surface area (Å²) in [5.41, 5.74) is 0. The van der Waals surface area contributed by atoms with Crippen molar-refractivity contribution in [2.75, 3.05) is 26.8 Å².